The first-order chi connectivity index (χ1) is 7.29. The first-order valence-electron chi connectivity index (χ1n) is 4.67. The Kier molecular flexibility index (Phi) is 4.39. The summed E-state index contributed by atoms with van der Waals surface area (Å²) in [4.78, 5) is 11.1. The van der Waals surface area contributed by atoms with Crippen molar-refractivity contribution in [1.29, 1.82) is 0 Å². The van der Waals surface area contributed by atoms with E-state index in [1.807, 2.05) is 42.7 Å². The van der Waals surface area contributed by atoms with E-state index in [9.17, 15) is 4.79 Å². The molecule has 1 aromatic heterocycles. The molecule has 0 spiro atoms. The lowest BCUT2D eigenvalue weighted by molar-refractivity contribution is -0.683. The Labute approximate surface area is 104 Å². The number of nitrogens with zero attached hydrogens (tertiary/aromatic N) is 1. The first-order valence-corrected chi connectivity index (χ1v) is 4.67. The smallest absolute Gasteiger partial charge is 0.299 e. The number of pyridine rings is 1. The zero-order valence-electron chi connectivity index (χ0n) is 8.56. The molecule has 0 fully saturated rings. The number of halogens is 1. The summed E-state index contributed by atoms with van der Waals surface area (Å²) in [6.45, 7) is 0.237. The number of hydrogen-bond donors (Lipinski definition) is 2. The number of nitrogens with two attached hydrogens (primary N) is 1. The average molecular weight is 282 g/mol. The summed E-state index contributed by atoms with van der Waals surface area (Å²) in [5.74, 6) is 4.81. The van der Waals surface area contributed by atoms with Crippen molar-refractivity contribution < 1.29 is 26.3 Å². The summed E-state index contributed by atoms with van der Waals surface area (Å²) >= 11 is 0. The second-order valence-corrected chi connectivity index (χ2v) is 3.31. The molecule has 3 N–H and O–H groups in total. The van der Waals surface area contributed by atoms with Crippen LogP contribution in [0.4, 0.5) is 0 Å². The second kappa shape index (κ2) is 5.58. The van der Waals surface area contributed by atoms with E-state index in [0.29, 0.717) is 0 Å². The molecule has 1 amide bonds. The zero-order chi connectivity index (χ0) is 10.7. The maximum Gasteiger partial charge on any atom is 0.299 e. The first kappa shape index (κ1) is 12.6. The largest absolute Gasteiger partial charge is 1.00 e. The lowest BCUT2D eigenvalue weighted by atomic mass is 10.2. The summed E-state index contributed by atoms with van der Waals surface area (Å²) in [6.07, 6.45) is 3.78. The third-order valence-electron chi connectivity index (χ3n) is 2.23. The van der Waals surface area contributed by atoms with Crippen molar-refractivity contribution in [1.82, 2.24) is 5.43 Å². The SMILES string of the molecule is NNC(=O)C[n+]1ccc2ccccc2c1.[Br-]. The van der Waals surface area contributed by atoms with E-state index in [4.69, 9.17) is 5.84 Å². The minimum atomic E-state index is -0.213. The van der Waals surface area contributed by atoms with E-state index in [2.05, 4.69) is 5.43 Å². The van der Waals surface area contributed by atoms with Crippen molar-refractivity contribution in [3.05, 3.63) is 42.7 Å². The van der Waals surface area contributed by atoms with Gasteiger partial charge in [-0.05, 0) is 11.5 Å². The molecule has 0 saturated heterocycles. The van der Waals surface area contributed by atoms with Gasteiger partial charge in [-0.3, -0.25) is 10.2 Å². The molecule has 16 heavy (non-hydrogen) atoms. The van der Waals surface area contributed by atoms with Crippen molar-refractivity contribution in [2.75, 3.05) is 0 Å². The molecule has 0 unspecified atom stereocenters. The second-order valence-electron chi connectivity index (χ2n) is 3.31. The number of benzene rings is 1. The van der Waals surface area contributed by atoms with Gasteiger partial charge in [0.25, 0.3) is 5.91 Å². The molecule has 84 valence electrons. The van der Waals surface area contributed by atoms with Crippen LogP contribution in [-0.2, 0) is 11.3 Å². The number of carbonyl (C=O) groups is 1. The van der Waals surface area contributed by atoms with Gasteiger partial charge in [-0.25, -0.2) is 5.84 Å². The highest BCUT2D eigenvalue weighted by Gasteiger charge is 2.07. The number of hydrogen-bond acceptors (Lipinski definition) is 2. The summed E-state index contributed by atoms with van der Waals surface area (Å²) < 4.78 is 1.80. The highest BCUT2D eigenvalue weighted by Crippen LogP contribution is 2.09. The summed E-state index contributed by atoms with van der Waals surface area (Å²) in [5, 5.41) is 2.26. The Balaban J connectivity index is 0.00000128. The van der Waals surface area contributed by atoms with Gasteiger partial charge in [0.05, 0.1) is 0 Å². The monoisotopic (exact) mass is 281 g/mol. The van der Waals surface area contributed by atoms with Crippen molar-refractivity contribution in [2.24, 2.45) is 5.84 Å². The van der Waals surface area contributed by atoms with Crippen molar-refractivity contribution in [3.8, 4) is 0 Å². The molecule has 0 bridgehead atoms. The highest BCUT2D eigenvalue weighted by molar-refractivity contribution is 5.80. The van der Waals surface area contributed by atoms with E-state index in [-0.39, 0.29) is 29.4 Å². The standard InChI is InChI=1S/C11H11N3O.BrH/c12-13-11(15)8-14-6-5-9-3-1-2-4-10(9)7-14;/h1-7H,8,12H2;1H. The van der Waals surface area contributed by atoms with Gasteiger partial charge in [0.15, 0.2) is 12.4 Å². The molecule has 1 heterocycles. The highest BCUT2D eigenvalue weighted by atomic mass is 79.9. The van der Waals surface area contributed by atoms with Crippen LogP contribution in [0.1, 0.15) is 0 Å². The average Bonchev–Trinajstić information content (AvgIpc) is 2.29. The third kappa shape index (κ3) is 2.77. The van der Waals surface area contributed by atoms with Gasteiger partial charge in [0.1, 0.15) is 0 Å². The van der Waals surface area contributed by atoms with Crippen molar-refractivity contribution in [2.45, 2.75) is 6.54 Å². The number of carbonyl (C=O) groups excluding carboxylic acids is 1. The number of aromatic nitrogens is 1. The minimum absolute atomic E-state index is 0. The molecule has 0 aliphatic heterocycles. The number of hydrazine groups is 1. The predicted molar refractivity (Wildman–Crippen MR) is 56.5 cm³/mol. The van der Waals surface area contributed by atoms with E-state index < -0.39 is 0 Å². The van der Waals surface area contributed by atoms with Gasteiger partial charge >= 0.3 is 0 Å². The van der Waals surface area contributed by atoms with Crippen LogP contribution in [0, 0.1) is 0 Å². The molecule has 2 aromatic rings. The van der Waals surface area contributed by atoms with Crippen LogP contribution in [0.25, 0.3) is 10.8 Å². The number of rotatable bonds is 2. The molecular formula is C11H12BrN3O. The Morgan fingerprint density at radius 3 is 2.62 bits per heavy atom. The van der Waals surface area contributed by atoms with Crippen LogP contribution in [0.2, 0.25) is 0 Å². The Morgan fingerprint density at radius 1 is 1.25 bits per heavy atom. The van der Waals surface area contributed by atoms with Crippen LogP contribution in [0.15, 0.2) is 42.7 Å². The Morgan fingerprint density at radius 2 is 1.94 bits per heavy atom. The van der Waals surface area contributed by atoms with Gasteiger partial charge in [-0.15, -0.1) is 0 Å². The fourth-order valence-electron chi connectivity index (χ4n) is 1.49. The van der Waals surface area contributed by atoms with Gasteiger partial charge < -0.3 is 17.0 Å². The topological polar surface area (TPSA) is 59.0 Å². The van der Waals surface area contributed by atoms with Crippen LogP contribution >= 0.6 is 0 Å². The molecule has 0 aliphatic carbocycles. The van der Waals surface area contributed by atoms with E-state index in [0.717, 1.165) is 10.8 Å². The van der Waals surface area contributed by atoms with Crippen LogP contribution < -0.4 is 32.8 Å². The Hall–Kier alpha value is -1.46. The molecule has 0 radical (unpaired) electrons. The third-order valence-corrected chi connectivity index (χ3v) is 2.23. The summed E-state index contributed by atoms with van der Waals surface area (Å²) in [7, 11) is 0. The summed E-state index contributed by atoms with van der Waals surface area (Å²) in [5.41, 5.74) is 2.10. The molecular weight excluding hydrogens is 270 g/mol. The number of amides is 1. The summed E-state index contributed by atoms with van der Waals surface area (Å²) in [6, 6.07) is 9.96. The quantitative estimate of drug-likeness (QED) is 0.269. The normalized spacial score (nSPS) is 9.56. The molecule has 5 heteroatoms. The van der Waals surface area contributed by atoms with Gasteiger partial charge in [0.2, 0.25) is 6.54 Å². The lowest BCUT2D eigenvalue weighted by Gasteiger charge is -1.98. The van der Waals surface area contributed by atoms with Gasteiger partial charge in [-0.2, -0.15) is 4.57 Å². The van der Waals surface area contributed by atoms with Crippen LogP contribution in [-0.4, -0.2) is 5.91 Å². The van der Waals surface area contributed by atoms with Crippen LogP contribution in [0.3, 0.4) is 0 Å². The molecule has 1 aromatic carbocycles. The lowest BCUT2D eigenvalue weighted by Crippen LogP contribution is -3.00. The van der Waals surface area contributed by atoms with Crippen molar-refractivity contribution >= 4 is 16.7 Å². The fourth-order valence-corrected chi connectivity index (χ4v) is 1.49. The van der Waals surface area contributed by atoms with E-state index in [1.165, 1.54) is 0 Å². The zero-order valence-corrected chi connectivity index (χ0v) is 10.1. The van der Waals surface area contributed by atoms with E-state index >= 15 is 0 Å². The Bertz CT molecular complexity index is 501. The molecule has 0 saturated carbocycles. The van der Waals surface area contributed by atoms with Crippen LogP contribution in [0.5, 0.6) is 0 Å². The molecule has 4 nitrogen and oxygen atoms in total. The maximum absolute atomic E-state index is 11.1. The van der Waals surface area contributed by atoms with Gasteiger partial charge in [-0.1, -0.05) is 18.2 Å². The maximum atomic E-state index is 11.1. The van der Waals surface area contributed by atoms with E-state index in [1.54, 1.807) is 4.57 Å². The van der Waals surface area contributed by atoms with Crippen molar-refractivity contribution in [3.63, 3.8) is 0 Å². The molecule has 2 rings (SSSR count). The predicted octanol–water partition coefficient (Wildman–Crippen LogP) is -2.88. The molecule has 0 aliphatic rings. The minimum Gasteiger partial charge on any atom is -1.00 e. The molecule has 0 atom stereocenters. The number of fused-ring (bicyclic) bond motifs is 1. The van der Waals surface area contributed by atoms with Gasteiger partial charge in [0, 0.05) is 11.5 Å². The number of nitrogens with one attached hydrogen (secondary N) is 1. The fraction of sp³-hybridized carbons (Fsp3) is 0.0909.